The minimum absolute atomic E-state index is 0.324. The van der Waals surface area contributed by atoms with Gasteiger partial charge in [-0.3, -0.25) is 11.3 Å². The molecule has 5 atom stereocenters. The Balaban J connectivity index is 2.17. The highest BCUT2D eigenvalue weighted by Crippen LogP contribution is 2.35. The van der Waals surface area contributed by atoms with E-state index in [-0.39, 0.29) is 0 Å². The fourth-order valence-corrected chi connectivity index (χ4v) is 3.87. The van der Waals surface area contributed by atoms with Crippen LogP contribution < -0.4 is 11.3 Å². The zero-order valence-corrected chi connectivity index (χ0v) is 14.7. The molecule has 0 bridgehead atoms. The number of nitrogens with two attached hydrogens (primary N) is 1. The van der Waals surface area contributed by atoms with E-state index in [2.05, 4.69) is 33.1 Å². The standard InChI is InChI=1S/C18H38N2O/c1-5-6-7-8-9-10-11-12-13-17(20-19)18-14(2)15(3)21-16(18)4/h14-18,20H,5-13,19H2,1-4H3. The van der Waals surface area contributed by atoms with E-state index in [0.29, 0.717) is 30.1 Å². The molecular formula is C18H38N2O. The van der Waals surface area contributed by atoms with Crippen LogP contribution in [-0.4, -0.2) is 18.2 Å². The summed E-state index contributed by atoms with van der Waals surface area (Å²) in [6.07, 6.45) is 12.8. The van der Waals surface area contributed by atoms with Gasteiger partial charge in [0.05, 0.1) is 12.2 Å². The second kappa shape index (κ2) is 10.6. The quantitative estimate of drug-likeness (QED) is 0.337. The number of ether oxygens (including phenoxy) is 1. The summed E-state index contributed by atoms with van der Waals surface area (Å²) in [6.45, 7) is 8.96. The Kier molecular flexibility index (Phi) is 9.54. The first kappa shape index (κ1) is 18.9. The molecule has 1 heterocycles. The molecule has 0 aliphatic carbocycles. The molecule has 0 radical (unpaired) electrons. The molecule has 126 valence electrons. The molecule has 0 aromatic carbocycles. The molecule has 3 N–H and O–H groups in total. The molecule has 1 aliphatic heterocycles. The number of hydrogen-bond acceptors (Lipinski definition) is 3. The molecule has 3 heteroatoms. The highest BCUT2D eigenvalue weighted by Gasteiger charge is 2.40. The monoisotopic (exact) mass is 298 g/mol. The van der Waals surface area contributed by atoms with Crippen molar-refractivity contribution in [2.75, 3.05) is 0 Å². The fourth-order valence-electron chi connectivity index (χ4n) is 3.87. The van der Waals surface area contributed by atoms with Crippen LogP contribution in [0.25, 0.3) is 0 Å². The lowest BCUT2D eigenvalue weighted by atomic mass is 9.81. The molecule has 3 nitrogen and oxygen atoms in total. The van der Waals surface area contributed by atoms with Gasteiger partial charge in [-0.2, -0.15) is 0 Å². The first-order valence-electron chi connectivity index (χ1n) is 9.23. The molecule has 1 saturated heterocycles. The van der Waals surface area contributed by atoms with Crippen molar-refractivity contribution >= 4 is 0 Å². The van der Waals surface area contributed by atoms with E-state index < -0.39 is 0 Å². The van der Waals surface area contributed by atoms with Gasteiger partial charge in [0, 0.05) is 12.0 Å². The fraction of sp³-hybridized carbons (Fsp3) is 1.00. The van der Waals surface area contributed by atoms with E-state index >= 15 is 0 Å². The Bertz CT molecular complexity index is 260. The Labute approximate surface area is 132 Å². The summed E-state index contributed by atoms with van der Waals surface area (Å²) in [5, 5.41) is 0. The number of nitrogens with one attached hydrogen (secondary N) is 1. The summed E-state index contributed by atoms with van der Waals surface area (Å²) in [5.41, 5.74) is 3.06. The van der Waals surface area contributed by atoms with Gasteiger partial charge in [-0.1, -0.05) is 65.2 Å². The van der Waals surface area contributed by atoms with E-state index in [1.807, 2.05) is 0 Å². The minimum Gasteiger partial charge on any atom is -0.375 e. The Morgan fingerprint density at radius 2 is 1.48 bits per heavy atom. The van der Waals surface area contributed by atoms with Gasteiger partial charge in [-0.25, -0.2) is 0 Å². The Morgan fingerprint density at radius 3 is 1.95 bits per heavy atom. The third-order valence-electron chi connectivity index (χ3n) is 5.37. The molecule has 0 saturated carbocycles. The lowest BCUT2D eigenvalue weighted by Gasteiger charge is -2.28. The van der Waals surface area contributed by atoms with Crippen molar-refractivity contribution in [3.8, 4) is 0 Å². The largest absolute Gasteiger partial charge is 0.375 e. The molecule has 1 fully saturated rings. The third-order valence-corrected chi connectivity index (χ3v) is 5.37. The molecule has 21 heavy (non-hydrogen) atoms. The summed E-state index contributed by atoms with van der Waals surface area (Å²) in [5.74, 6) is 6.96. The molecule has 0 aromatic heterocycles. The van der Waals surface area contributed by atoms with E-state index in [1.54, 1.807) is 0 Å². The predicted octanol–water partition coefficient (Wildman–Crippen LogP) is 4.41. The van der Waals surface area contributed by atoms with Crippen LogP contribution in [0.3, 0.4) is 0 Å². The first-order valence-corrected chi connectivity index (χ1v) is 9.23. The Morgan fingerprint density at radius 1 is 0.905 bits per heavy atom. The van der Waals surface area contributed by atoms with Crippen LogP contribution in [0.5, 0.6) is 0 Å². The van der Waals surface area contributed by atoms with Gasteiger partial charge in [0.25, 0.3) is 0 Å². The van der Waals surface area contributed by atoms with Crippen molar-refractivity contribution in [3.63, 3.8) is 0 Å². The molecule has 0 spiro atoms. The number of rotatable bonds is 11. The summed E-state index contributed by atoms with van der Waals surface area (Å²) in [7, 11) is 0. The SMILES string of the molecule is CCCCCCCCCCC(NN)C1C(C)OC(C)C1C. The van der Waals surface area contributed by atoms with E-state index in [4.69, 9.17) is 10.6 Å². The number of unbranched alkanes of at least 4 members (excludes halogenated alkanes) is 7. The topological polar surface area (TPSA) is 47.3 Å². The maximum Gasteiger partial charge on any atom is 0.0597 e. The molecule has 5 unspecified atom stereocenters. The van der Waals surface area contributed by atoms with Crippen LogP contribution in [-0.2, 0) is 4.74 Å². The summed E-state index contributed by atoms with van der Waals surface area (Å²) in [6, 6.07) is 0.403. The Hall–Kier alpha value is -0.120. The highest BCUT2D eigenvalue weighted by atomic mass is 16.5. The molecule has 0 aromatic rings. The second-order valence-electron chi connectivity index (χ2n) is 7.02. The maximum absolute atomic E-state index is 5.96. The van der Waals surface area contributed by atoms with E-state index in [9.17, 15) is 0 Å². The van der Waals surface area contributed by atoms with Gasteiger partial charge in [0.1, 0.15) is 0 Å². The molecule has 1 aliphatic rings. The van der Waals surface area contributed by atoms with Gasteiger partial charge in [-0.05, 0) is 26.2 Å². The van der Waals surface area contributed by atoms with Crippen LogP contribution in [0.1, 0.15) is 85.5 Å². The smallest absolute Gasteiger partial charge is 0.0597 e. The zero-order chi connectivity index (χ0) is 15.7. The van der Waals surface area contributed by atoms with Crippen LogP contribution in [0.2, 0.25) is 0 Å². The van der Waals surface area contributed by atoms with Crippen molar-refractivity contribution in [1.82, 2.24) is 5.43 Å². The van der Waals surface area contributed by atoms with Gasteiger partial charge in [-0.15, -0.1) is 0 Å². The minimum atomic E-state index is 0.324. The average molecular weight is 299 g/mol. The zero-order valence-electron chi connectivity index (χ0n) is 14.7. The lowest BCUT2D eigenvalue weighted by molar-refractivity contribution is 0.0471. The van der Waals surface area contributed by atoms with Gasteiger partial charge in [0.2, 0.25) is 0 Å². The lowest BCUT2D eigenvalue weighted by Crippen LogP contribution is -2.45. The van der Waals surface area contributed by atoms with Crippen LogP contribution in [0.15, 0.2) is 0 Å². The van der Waals surface area contributed by atoms with Crippen molar-refractivity contribution in [2.24, 2.45) is 17.7 Å². The second-order valence-corrected chi connectivity index (χ2v) is 7.02. The van der Waals surface area contributed by atoms with E-state index in [0.717, 1.165) is 0 Å². The van der Waals surface area contributed by atoms with Gasteiger partial charge in [0.15, 0.2) is 0 Å². The predicted molar refractivity (Wildman–Crippen MR) is 91.0 cm³/mol. The summed E-state index contributed by atoms with van der Waals surface area (Å²) in [4.78, 5) is 0. The van der Waals surface area contributed by atoms with Crippen molar-refractivity contribution in [3.05, 3.63) is 0 Å². The van der Waals surface area contributed by atoms with Crippen molar-refractivity contribution in [1.29, 1.82) is 0 Å². The summed E-state index contributed by atoms with van der Waals surface area (Å²) < 4.78 is 5.96. The number of hydrazine groups is 1. The van der Waals surface area contributed by atoms with Crippen LogP contribution in [0.4, 0.5) is 0 Å². The van der Waals surface area contributed by atoms with Gasteiger partial charge < -0.3 is 4.74 Å². The summed E-state index contributed by atoms with van der Waals surface area (Å²) >= 11 is 0. The maximum atomic E-state index is 5.96. The highest BCUT2D eigenvalue weighted by molar-refractivity contribution is 4.90. The van der Waals surface area contributed by atoms with Gasteiger partial charge >= 0.3 is 0 Å². The third kappa shape index (κ3) is 6.25. The molecular weight excluding hydrogens is 260 g/mol. The molecule has 0 amide bonds. The number of hydrogen-bond donors (Lipinski definition) is 2. The normalized spacial score (nSPS) is 30.7. The van der Waals surface area contributed by atoms with Crippen LogP contribution in [0, 0.1) is 11.8 Å². The average Bonchev–Trinajstić information content (AvgIpc) is 2.72. The molecule has 1 rings (SSSR count). The van der Waals surface area contributed by atoms with E-state index in [1.165, 1.54) is 57.8 Å². The van der Waals surface area contributed by atoms with Crippen LogP contribution >= 0.6 is 0 Å². The van der Waals surface area contributed by atoms with Crippen molar-refractivity contribution in [2.45, 2.75) is 104 Å². The van der Waals surface area contributed by atoms with Crippen molar-refractivity contribution < 1.29 is 4.74 Å². The first-order chi connectivity index (χ1) is 10.1.